The largest absolute Gasteiger partial charge is 0.462 e. The highest BCUT2D eigenvalue weighted by Crippen LogP contribution is 2.13. The maximum atomic E-state index is 12.8. The second-order valence-corrected chi connectivity index (χ2v) is 17.7. The van der Waals surface area contributed by atoms with Crippen LogP contribution in [0.5, 0.6) is 0 Å². The molecule has 0 rings (SSSR count). The van der Waals surface area contributed by atoms with Gasteiger partial charge < -0.3 is 14.2 Å². The van der Waals surface area contributed by atoms with E-state index < -0.39 is 6.10 Å². The highest BCUT2D eigenvalue weighted by atomic mass is 16.6. The van der Waals surface area contributed by atoms with Gasteiger partial charge in [-0.1, -0.05) is 213 Å². The second-order valence-electron chi connectivity index (χ2n) is 17.7. The van der Waals surface area contributed by atoms with Gasteiger partial charge in [0.05, 0.1) is 0 Å². The van der Waals surface area contributed by atoms with Crippen molar-refractivity contribution in [2.45, 2.75) is 239 Å². The predicted octanol–water partition coefficient (Wildman–Crippen LogP) is 18.5. The van der Waals surface area contributed by atoms with Crippen molar-refractivity contribution in [1.29, 1.82) is 0 Å². The van der Waals surface area contributed by atoms with Crippen molar-refractivity contribution in [2.75, 3.05) is 13.2 Å². The van der Waals surface area contributed by atoms with Gasteiger partial charge in [-0.15, -0.1) is 0 Å². The van der Waals surface area contributed by atoms with E-state index in [1.807, 2.05) is 0 Å². The minimum absolute atomic E-state index is 0.117. The third kappa shape index (κ3) is 52.8. The van der Waals surface area contributed by atoms with Crippen molar-refractivity contribution in [3.8, 4) is 0 Å². The van der Waals surface area contributed by atoms with E-state index in [2.05, 4.69) is 142 Å². The highest BCUT2D eigenvalue weighted by Gasteiger charge is 2.19. The monoisotopic (exact) mass is 941 g/mol. The number of unbranched alkanes of at least 4 members (excludes halogenated alkanes) is 17. The molecule has 0 saturated carbocycles. The zero-order valence-electron chi connectivity index (χ0n) is 43.8. The van der Waals surface area contributed by atoms with E-state index in [1.165, 1.54) is 77.0 Å². The Labute approximate surface area is 418 Å². The van der Waals surface area contributed by atoms with Crippen molar-refractivity contribution in [2.24, 2.45) is 0 Å². The molecule has 0 amide bonds. The van der Waals surface area contributed by atoms with Crippen LogP contribution in [-0.4, -0.2) is 37.2 Å². The molecule has 0 radical (unpaired) electrons. The first-order valence-corrected chi connectivity index (χ1v) is 27.5. The molecular formula is C62H100O6. The van der Waals surface area contributed by atoms with Crippen molar-refractivity contribution in [1.82, 2.24) is 0 Å². The number of hydrogen-bond acceptors (Lipinski definition) is 6. The zero-order valence-corrected chi connectivity index (χ0v) is 43.8. The first-order chi connectivity index (χ1) is 33.5. The standard InChI is InChI=1S/C62H100O6/c1-4-7-10-13-16-19-22-25-28-31-34-37-40-43-46-49-52-55-61(64)67-58-59(57-66-60(63)54-51-48-45-42-39-36-33-30-27-24-21-18-15-12-9-6-3)68-62(65)56-53-50-47-44-41-38-35-32-29-26-23-20-17-14-11-8-5-2/h7,9-10,12,16,18-19,21,25-30,34,36-37,39,43,46,59H,4-6,8,11,13-15,17,20,22-24,31-33,35,38,40-42,44-45,47-58H2,1-3H3/b10-7-,12-9-,19-16-,21-18-,28-25-,29-26-,30-27-,37-34-,39-36-,46-43-. The Hall–Kier alpha value is -4.19. The average Bonchev–Trinajstić information content (AvgIpc) is 3.34. The SMILES string of the molecule is CC/C=C\C/C=C\C/C=C\C/C=C\C/C=C\CCCC(=O)OCC(COC(=O)CCCCC/C=C\C/C=C\C/C=C\C/C=C\CC)OC(=O)CCCCCCCCC/C=C\CCCCCCCC. The third-order valence-corrected chi connectivity index (χ3v) is 11.2. The van der Waals surface area contributed by atoms with Crippen LogP contribution in [0.2, 0.25) is 0 Å². The van der Waals surface area contributed by atoms with Gasteiger partial charge in [-0.25, -0.2) is 0 Å². The number of esters is 3. The van der Waals surface area contributed by atoms with Gasteiger partial charge in [0.25, 0.3) is 0 Å². The van der Waals surface area contributed by atoms with Crippen LogP contribution in [0.1, 0.15) is 233 Å². The fourth-order valence-electron chi connectivity index (χ4n) is 7.11. The highest BCUT2D eigenvalue weighted by molar-refractivity contribution is 5.71. The molecule has 0 fully saturated rings. The van der Waals surface area contributed by atoms with Gasteiger partial charge in [0, 0.05) is 19.3 Å². The molecule has 1 unspecified atom stereocenters. The van der Waals surface area contributed by atoms with Gasteiger partial charge in [0.2, 0.25) is 0 Å². The van der Waals surface area contributed by atoms with Crippen molar-refractivity contribution >= 4 is 17.9 Å². The van der Waals surface area contributed by atoms with Crippen molar-refractivity contribution in [3.05, 3.63) is 122 Å². The Kier molecular flexibility index (Phi) is 52.0. The maximum absolute atomic E-state index is 12.8. The quantitative estimate of drug-likeness (QED) is 0.0262. The summed E-state index contributed by atoms with van der Waals surface area (Å²) in [4.78, 5) is 38.1. The summed E-state index contributed by atoms with van der Waals surface area (Å²) in [7, 11) is 0. The second kappa shape index (κ2) is 55.4. The van der Waals surface area contributed by atoms with Crippen LogP contribution >= 0.6 is 0 Å². The fourth-order valence-corrected chi connectivity index (χ4v) is 7.11. The van der Waals surface area contributed by atoms with Gasteiger partial charge in [0.1, 0.15) is 13.2 Å². The summed E-state index contributed by atoms with van der Waals surface area (Å²) < 4.78 is 16.8. The Morgan fingerprint density at radius 1 is 0.309 bits per heavy atom. The summed E-state index contributed by atoms with van der Waals surface area (Å²) in [5.74, 6) is -1.01. The zero-order chi connectivity index (χ0) is 49.3. The summed E-state index contributed by atoms with van der Waals surface area (Å²) >= 11 is 0. The summed E-state index contributed by atoms with van der Waals surface area (Å²) in [6.07, 6.45) is 76.2. The van der Waals surface area contributed by atoms with Crippen LogP contribution in [0.15, 0.2) is 122 Å². The lowest BCUT2D eigenvalue weighted by Gasteiger charge is -2.18. The molecule has 384 valence electrons. The molecule has 0 aliphatic rings. The number of rotatable bonds is 48. The van der Waals surface area contributed by atoms with Crippen LogP contribution in [0.3, 0.4) is 0 Å². The van der Waals surface area contributed by atoms with Crippen molar-refractivity contribution in [3.63, 3.8) is 0 Å². The average molecular weight is 941 g/mol. The van der Waals surface area contributed by atoms with Gasteiger partial charge in [-0.05, 0) is 122 Å². The number of hydrogen-bond donors (Lipinski definition) is 0. The van der Waals surface area contributed by atoms with Gasteiger partial charge in [0.15, 0.2) is 6.10 Å². The summed E-state index contributed by atoms with van der Waals surface area (Å²) in [5.41, 5.74) is 0. The summed E-state index contributed by atoms with van der Waals surface area (Å²) in [5, 5.41) is 0. The molecule has 0 aliphatic carbocycles. The van der Waals surface area contributed by atoms with Crippen LogP contribution < -0.4 is 0 Å². The molecule has 0 bridgehead atoms. The summed E-state index contributed by atoms with van der Waals surface area (Å²) in [6, 6.07) is 0. The van der Waals surface area contributed by atoms with Gasteiger partial charge in [-0.3, -0.25) is 14.4 Å². The molecule has 0 N–H and O–H groups in total. The van der Waals surface area contributed by atoms with E-state index in [4.69, 9.17) is 14.2 Å². The topological polar surface area (TPSA) is 78.9 Å². The van der Waals surface area contributed by atoms with Crippen LogP contribution in [0, 0.1) is 0 Å². The molecule has 68 heavy (non-hydrogen) atoms. The Balaban J connectivity index is 4.55. The van der Waals surface area contributed by atoms with Crippen LogP contribution in [0.25, 0.3) is 0 Å². The molecule has 0 aromatic heterocycles. The normalized spacial score (nSPS) is 13.0. The smallest absolute Gasteiger partial charge is 0.306 e. The molecule has 6 heteroatoms. The van der Waals surface area contributed by atoms with E-state index >= 15 is 0 Å². The molecule has 0 saturated heterocycles. The van der Waals surface area contributed by atoms with Gasteiger partial charge in [-0.2, -0.15) is 0 Å². The number of carbonyl (C=O) groups excluding carboxylic acids is 3. The molecule has 0 aromatic carbocycles. The Morgan fingerprint density at radius 2 is 0.588 bits per heavy atom. The summed E-state index contributed by atoms with van der Waals surface area (Å²) in [6.45, 7) is 6.32. The van der Waals surface area contributed by atoms with E-state index in [0.29, 0.717) is 19.3 Å². The van der Waals surface area contributed by atoms with E-state index in [-0.39, 0.29) is 37.5 Å². The van der Waals surface area contributed by atoms with E-state index in [0.717, 1.165) is 109 Å². The first-order valence-electron chi connectivity index (χ1n) is 27.5. The minimum Gasteiger partial charge on any atom is -0.462 e. The predicted molar refractivity (Wildman–Crippen MR) is 293 cm³/mol. The molecule has 0 aromatic rings. The van der Waals surface area contributed by atoms with E-state index in [1.54, 1.807) is 0 Å². The lowest BCUT2D eigenvalue weighted by atomic mass is 10.1. The van der Waals surface area contributed by atoms with Crippen molar-refractivity contribution < 1.29 is 28.6 Å². The lowest BCUT2D eigenvalue weighted by molar-refractivity contribution is -0.167. The Morgan fingerprint density at radius 3 is 0.985 bits per heavy atom. The molecule has 0 heterocycles. The molecule has 0 spiro atoms. The van der Waals surface area contributed by atoms with E-state index in [9.17, 15) is 14.4 Å². The van der Waals surface area contributed by atoms with Crippen LogP contribution in [0.4, 0.5) is 0 Å². The fraction of sp³-hybridized carbons (Fsp3) is 0.629. The molecule has 0 aliphatic heterocycles. The number of carbonyl (C=O) groups is 3. The Bertz CT molecular complexity index is 1450. The van der Waals surface area contributed by atoms with Gasteiger partial charge >= 0.3 is 17.9 Å². The lowest BCUT2D eigenvalue weighted by Crippen LogP contribution is -2.30. The number of ether oxygens (including phenoxy) is 3. The molecule has 1 atom stereocenters. The molecular weight excluding hydrogens is 841 g/mol. The first kappa shape index (κ1) is 63.8. The third-order valence-electron chi connectivity index (χ3n) is 11.2. The minimum atomic E-state index is -0.820. The maximum Gasteiger partial charge on any atom is 0.306 e. The van der Waals surface area contributed by atoms with Crippen LogP contribution in [-0.2, 0) is 28.6 Å². The number of allylic oxidation sites excluding steroid dienone is 20. The molecule has 6 nitrogen and oxygen atoms in total.